The lowest BCUT2D eigenvalue weighted by Crippen LogP contribution is -2.40. The number of carbonyl (C=O) groups excluding carboxylic acids is 1. The van der Waals surface area contributed by atoms with E-state index >= 15 is 0 Å². The normalized spacial score (nSPS) is 13.4. The zero-order chi connectivity index (χ0) is 13.0. The summed E-state index contributed by atoms with van der Waals surface area (Å²) in [6.45, 7) is 3.90. The van der Waals surface area contributed by atoms with Gasteiger partial charge in [-0.05, 0) is 40.0 Å². The monoisotopic (exact) mass is 338 g/mol. The van der Waals surface area contributed by atoms with E-state index in [2.05, 4.69) is 21.2 Å². The van der Waals surface area contributed by atoms with Gasteiger partial charge in [0.25, 0.3) is 0 Å². The number of anilines is 1. The van der Waals surface area contributed by atoms with Gasteiger partial charge in [0, 0.05) is 5.69 Å². The molecule has 0 saturated carbocycles. The summed E-state index contributed by atoms with van der Waals surface area (Å²) in [5.74, 6) is -0.508. The minimum Gasteiger partial charge on any atom is -0.325 e. The van der Waals surface area contributed by atoms with Gasteiger partial charge in [0.15, 0.2) is 0 Å². The van der Waals surface area contributed by atoms with Crippen LogP contribution in [0.3, 0.4) is 0 Å². The van der Waals surface area contributed by atoms with Crippen LogP contribution in [0, 0.1) is 11.7 Å². The molecule has 0 bridgehead atoms. The molecular formula is C12H17BrClFN2O. The first-order valence-corrected chi connectivity index (χ1v) is 6.26. The fraction of sp³-hybridized carbons (Fsp3) is 0.417. The van der Waals surface area contributed by atoms with E-state index in [4.69, 9.17) is 5.73 Å². The summed E-state index contributed by atoms with van der Waals surface area (Å²) in [7, 11) is 0. The number of nitrogens with two attached hydrogens (primary N) is 1. The first kappa shape index (κ1) is 17.4. The third kappa shape index (κ3) is 4.55. The largest absolute Gasteiger partial charge is 0.325 e. The van der Waals surface area contributed by atoms with Crippen molar-refractivity contribution in [2.24, 2.45) is 11.7 Å². The second-order valence-electron chi connectivity index (χ2n) is 4.03. The smallest absolute Gasteiger partial charge is 0.241 e. The third-order valence-corrected chi connectivity index (χ3v) is 3.35. The average Bonchev–Trinajstić information content (AvgIpc) is 2.31. The molecule has 102 valence electrons. The quantitative estimate of drug-likeness (QED) is 0.884. The Labute approximate surface area is 121 Å². The van der Waals surface area contributed by atoms with Gasteiger partial charge < -0.3 is 11.1 Å². The predicted molar refractivity (Wildman–Crippen MR) is 77.4 cm³/mol. The molecule has 0 aliphatic rings. The van der Waals surface area contributed by atoms with Crippen molar-refractivity contribution in [2.75, 3.05) is 5.32 Å². The van der Waals surface area contributed by atoms with Gasteiger partial charge in [-0.3, -0.25) is 4.79 Å². The molecule has 2 unspecified atom stereocenters. The van der Waals surface area contributed by atoms with E-state index in [1.807, 2.05) is 13.8 Å². The highest BCUT2D eigenvalue weighted by atomic mass is 79.9. The Bertz CT molecular complexity index is 417. The van der Waals surface area contributed by atoms with E-state index in [0.717, 1.165) is 6.42 Å². The Hall–Kier alpha value is -0.650. The van der Waals surface area contributed by atoms with Gasteiger partial charge in [-0.25, -0.2) is 4.39 Å². The number of amides is 1. The first-order valence-electron chi connectivity index (χ1n) is 5.47. The Balaban J connectivity index is 0.00000289. The summed E-state index contributed by atoms with van der Waals surface area (Å²) < 4.78 is 13.3. The Morgan fingerprint density at radius 2 is 2.17 bits per heavy atom. The van der Waals surface area contributed by atoms with Crippen LogP contribution in [0.4, 0.5) is 10.1 Å². The van der Waals surface area contributed by atoms with Crippen molar-refractivity contribution < 1.29 is 9.18 Å². The molecule has 1 rings (SSSR count). The molecule has 18 heavy (non-hydrogen) atoms. The highest BCUT2D eigenvalue weighted by Crippen LogP contribution is 2.20. The minimum absolute atomic E-state index is 0. The number of nitrogens with one attached hydrogen (secondary N) is 1. The van der Waals surface area contributed by atoms with Gasteiger partial charge >= 0.3 is 0 Å². The summed E-state index contributed by atoms with van der Waals surface area (Å²) in [5.41, 5.74) is 6.32. The van der Waals surface area contributed by atoms with E-state index in [1.54, 1.807) is 0 Å². The minimum atomic E-state index is -0.552. The van der Waals surface area contributed by atoms with Crippen molar-refractivity contribution in [3.05, 3.63) is 28.5 Å². The highest BCUT2D eigenvalue weighted by molar-refractivity contribution is 9.10. The van der Waals surface area contributed by atoms with Gasteiger partial charge in [0.05, 0.1) is 10.5 Å². The molecule has 0 aromatic heterocycles. The Kier molecular flexibility index (Phi) is 7.43. The molecular weight excluding hydrogens is 322 g/mol. The van der Waals surface area contributed by atoms with Crippen LogP contribution in [0.2, 0.25) is 0 Å². The number of hydrogen-bond acceptors (Lipinski definition) is 2. The fourth-order valence-corrected chi connectivity index (χ4v) is 1.69. The molecule has 1 aromatic rings. The van der Waals surface area contributed by atoms with Crippen LogP contribution in [0.15, 0.2) is 22.7 Å². The van der Waals surface area contributed by atoms with Gasteiger partial charge in [-0.15, -0.1) is 12.4 Å². The second-order valence-corrected chi connectivity index (χ2v) is 4.88. The molecule has 3 N–H and O–H groups in total. The van der Waals surface area contributed by atoms with Crippen LogP contribution in [0.1, 0.15) is 20.3 Å². The molecule has 0 aliphatic heterocycles. The highest BCUT2D eigenvalue weighted by Gasteiger charge is 2.19. The van der Waals surface area contributed by atoms with Crippen molar-refractivity contribution >= 4 is 39.9 Å². The molecule has 0 fully saturated rings. The van der Waals surface area contributed by atoms with E-state index in [0.29, 0.717) is 10.2 Å². The lowest BCUT2D eigenvalue weighted by atomic mass is 9.99. The zero-order valence-corrected chi connectivity index (χ0v) is 12.6. The molecule has 1 amide bonds. The molecule has 0 aliphatic carbocycles. The van der Waals surface area contributed by atoms with Crippen molar-refractivity contribution in [2.45, 2.75) is 26.3 Å². The molecule has 2 atom stereocenters. The van der Waals surface area contributed by atoms with Crippen molar-refractivity contribution in [1.82, 2.24) is 0 Å². The molecule has 0 spiro atoms. The van der Waals surface area contributed by atoms with E-state index < -0.39 is 6.04 Å². The van der Waals surface area contributed by atoms with Crippen molar-refractivity contribution in [1.29, 1.82) is 0 Å². The number of benzene rings is 1. The van der Waals surface area contributed by atoms with E-state index in [1.165, 1.54) is 18.2 Å². The third-order valence-electron chi connectivity index (χ3n) is 2.75. The maximum atomic E-state index is 13.0. The second kappa shape index (κ2) is 7.71. The first-order chi connectivity index (χ1) is 7.95. The standard InChI is InChI=1S/C12H16BrFN2O.ClH/c1-3-7(2)11(15)12(17)16-8-4-5-10(14)9(13)6-8;/h4-7,11H,3,15H2,1-2H3,(H,16,17);1H. The number of halogens is 3. The number of carbonyl (C=O) groups is 1. The summed E-state index contributed by atoms with van der Waals surface area (Å²) in [6.07, 6.45) is 0.835. The SMILES string of the molecule is CCC(C)C(N)C(=O)Nc1ccc(F)c(Br)c1.Cl. The van der Waals surface area contributed by atoms with Crippen LogP contribution in [0.25, 0.3) is 0 Å². The van der Waals surface area contributed by atoms with Crippen LogP contribution < -0.4 is 11.1 Å². The van der Waals surface area contributed by atoms with Gasteiger partial charge in [-0.1, -0.05) is 20.3 Å². The summed E-state index contributed by atoms with van der Waals surface area (Å²) in [6, 6.07) is 3.75. The van der Waals surface area contributed by atoms with Crippen LogP contribution in [0.5, 0.6) is 0 Å². The maximum absolute atomic E-state index is 13.0. The lowest BCUT2D eigenvalue weighted by Gasteiger charge is -2.17. The van der Waals surface area contributed by atoms with Crippen molar-refractivity contribution in [3.8, 4) is 0 Å². The molecule has 0 heterocycles. The van der Waals surface area contributed by atoms with Gasteiger partial charge in [0.2, 0.25) is 5.91 Å². The lowest BCUT2D eigenvalue weighted by molar-refractivity contribution is -0.118. The molecule has 3 nitrogen and oxygen atoms in total. The summed E-state index contributed by atoms with van der Waals surface area (Å²) in [5, 5.41) is 2.66. The summed E-state index contributed by atoms with van der Waals surface area (Å²) >= 11 is 3.06. The summed E-state index contributed by atoms with van der Waals surface area (Å²) in [4.78, 5) is 11.8. The van der Waals surface area contributed by atoms with Crippen molar-refractivity contribution in [3.63, 3.8) is 0 Å². The topological polar surface area (TPSA) is 55.1 Å². The van der Waals surface area contributed by atoms with E-state index in [9.17, 15) is 9.18 Å². The maximum Gasteiger partial charge on any atom is 0.241 e. The number of hydrogen-bond donors (Lipinski definition) is 2. The molecule has 6 heteroatoms. The zero-order valence-electron chi connectivity index (χ0n) is 10.2. The van der Waals surface area contributed by atoms with E-state index in [-0.39, 0.29) is 30.0 Å². The van der Waals surface area contributed by atoms with Crippen LogP contribution in [-0.2, 0) is 4.79 Å². The number of rotatable bonds is 4. The van der Waals surface area contributed by atoms with Gasteiger partial charge in [-0.2, -0.15) is 0 Å². The Morgan fingerprint density at radius 1 is 1.56 bits per heavy atom. The average molecular weight is 340 g/mol. The fourth-order valence-electron chi connectivity index (χ4n) is 1.31. The van der Waals surface area contributed by atoms with Crippen LogP contribution >= 0.6 is 28.3 Å². The van der Waals surface area contributed by atoms with Gasteiger partial charge in [0.1, 0.15) is 5.82 Å². The Morgan fingerprint density at radius 3 is 2.67 bits per heavy atom. The molecule has 1 aromatic carbocycles. The molecule has 0 radical (unpaired) electrons. The molecule has 0 saturated heterocycles. The predicted octanol–water partition coefficient (Wildman–Crippen LogP) is 3.32. The van der Waals surface area contributed by atoms with Crippen LogP contribution in [-0.4, -0.2) is 11.9 Å².